The van der Waals surface area contributed by atoms with E-state index in [-0.39, 0.29) is 24.0 Å². The number of hydrogen-bond acceptors (Lipinski definition) is 3. The number of aryl methyl sites for hydroxylation is 2. The van der Waals surface area contributed by atoms with Crippen molar-refractivity contribution in [2.75, 3.05) is 20.1 Å². The molecule has 24 heavy (non-hydrogen) atoms. The van der Waals surface area contributed by atoms with E-state index in [0.717, 1.165) is 44.3 Å². The van der Waals surface area contributed by atoms with Gasteiger partial charge < -0.3 is 15.2 Å². The first kappa shape index (κ1) is 20.4. The van der Waals surface area contributed by atoms with Gasteiger partial charge in [-0.1, -0.05) is 36.8 Å². The molecule has 1 aromatic carbocycles. The van der Waals surface area contributed by atoms with Crippen molar-refractivity contribution in [3.05, 3.63) is 47.5 Å². The lowest BCUT2D eigenvalue weighted by Crippen LogP contribution is -2.39. The molecule has 0 unspecified atom stereocenters. The summed E-state index contributed by atoms with van der Waals surface area (Å²) in [6, 6.07) is 8.64. The fraction of sp³-hybridized carbons (Fsp3) is 0.471. The van der Waals surface area contributed by atoms with Crippen LogP contribution in [-0.2, 0) is 19.4 Å². The second kappa shape index (κ2) is 11.0. The third-order valence-corrected chi connectivity index (χ3v) is 3.71. The number of nitrogens with zero attached hydrogens (tertiary/aromatic N) is 4. The second-order valence-electron chi connectivity index (χ2n) is 5.46. The van der Waals surface area contributed by atoms with Crippen molar-refractivity contribution in [2.24, 2.45) is 4.99 Å². The molecule has 0 fully saturated rings. The van der Waals surface area contributed by atoms with Crippen LogP contribution in [0.2, 0.25) is 0 Å². The Morgan fingerprint density at radius 3 is 2.54 bits per heavy atom. The van der Waals surface area contributed by atoms with Crippen LogP contribution in [0.3, 0.4) is 0 Å². The molecule has 0 aliphatic heterocycles. The maximum Gasteiger partial charge on any atom is 0.191 e. The van der Waals surface area contributed by atoms with Gasteiger partial charge in [0.05, 0.1) is 0 Å². The van der Waals surface area contributed by atoms with Crippen molar-refractivity contribution in [1.29, 1.82) is 0 Å². The Kier molecular flexibility index (Phi) is 9.36. The minimum absolute atomic E-state index is 0. The largest absolute Gasteiger partial charge is 0.356 e. The van der Waals surface area contributed by atoms with E-state index in [0.29, 0.717) is 0 Å². The van der Waals surface area contributed by atoms with E-state index < -0.39 is 0 Å². The van der Waals surface area contributed by atoms with Crippen molar-refractivity contribution < 1.29 is 0 Å². The first-order chi connectivity index (χ1) is 11.2. The lowest BCUT2D eigenvalue weighted by molar-refractivity contribution is 0.632. The van der Waals surface area contributed by atoms with Crippen LogP contribution >= 0.6 is 24.0 Å². The summed E-state index contributed by atoms with van der Waals surface area (Å²) >= 11 is 0. The van der Waals surface area contributed by atoms with Gasteiger partial charge in [-0.2, -0.15) is 0 Å². The quantitative estimate of drug-likeness (QED) is 0.392. The lowest BCUT2D eigenvalue weighted by atomic mass is 10.1. The van der Waals surface area contributed by atoms with Gasteiger partial charge in [-0.25, -0.2) is 0 Å². The summed E-state index contributed by atoms with van der Waals surface area (Å²) in [4.78, 5) is 4.25. The van der Waals surface area contributed by atoms with E-state index >= 15 is 0 Å². The Labute approximate surface area is 161 Å². The molecule has 2 aromatic rings. The van der Waals surface area contributed by atoms with Gasteiger partial charge in [-0.3, -0.25) is 4.99 Å². The number of guanidine groups is 1. The van der Waals surface area contributed by atoms with Gasteiger partial charge >= 0.3 is 0 Å². The van der Waals surface area contributed by atoms with E-state index in [1.54, 1.807) is 13.4 Å². The minimum atomic E-state index is 0. The Balaban J connectivity index is 0.00000288. The number of hydrogen-bond donors (Lipinski definition) is 2. The summed E-state index contributed by atoms with van der Waals surface area (Å²) < 4.78 is 2.06. The van der Waals surface area contributed by atoms with Gasteiger partial charge in [-0.05, 0) is 18.9 Å². The molecule has 1 heterocycles. The minimum Gasteiger partial charge on any atom is -0.356 e. The molecule has 1 aromatic heterocycles. The highest BCUT2D eigenvalue weighted by Gasteiger charge is 2.02. The molecule has 0 bridgehead atoms. The summed E-state index contributed by atoms with van der Waals surface area (Å²) in [5, 5.41) is 14.7. The number of aliphatic imine (C=N–C) groups is 1. The van der Waals surface area contributed by atoms with Gasteiger partial charge in [0, 0.05) is 33.1 Å². The van der Waals surface area contributed by atoms with Crippen LogP contribution in [0, 0.1) is 6.92 Å². The molecule has 0 spiro atoms. The van der Waals surface area contributed by atoms with E-state index in [2.05, 4.69) is 68.5 Å². The average Bonchev–Trinajstić information content (AvgIpc) is 3.02. The predicted octanol–water partition coefficient (Wildman–Crippen LogP) is 2.17. The number of aromatic nitrogens is 3. The molecule has 7 heteroatoms. The first-order valence-corrected chi connectivity index (χ1v) is 8.09. The van der Waals surface area contributed by atoms with Crippen molar-refractivity contribution in [2.45, 2.75) is 33.2 Å². The average molecular weight is 442 g/mol. The molecule has 6 nitrogen and oxygen atoms in total. The molecule has 0 radical (unpaired) electrons. The van der Waals surface area contributed by atoms with Gasteiger partial charge in [0.1, 0.15) is 12.2 Å². The van der Waals surface area contributed by atoms with Crippen molar-refractivity contribution >= 4 is 29.9 Å². The van der Waals surface area contributed by atoms with E-state index in [9.17, 15) is 0 Å². The third kappa shape index (κ3) is 6.46. The zero-order valence-corrected chi connectivity index (χ0v) is 16.9. The van der Waals surface area contributed by atoms with Gasteiger partial charge in [0.25, 0.3) is 0 Å². The molecule has 0 amide bonds. The molecular weight excluding hydrogens is 415 g/mol. The molecule has 0 atom stereocenters. The number of nitrogens with one attached hydrogen (secondary N) is 2. The monoisotopic (exact) mass is 442 g/mol. The summed E-state index contributed by atoms with van der Waals surface area (Å²) in [5.41, 5.74) is 2.62. The molecular formula is C17H27IN6. The van der Waals surface area contributed by atoms with Crippen molar-refractivity contribution in [3.8, 4) is 0 Å². The molecule has 2 rings (SSSR count). The number of rotatable bonds is 7. The van der Waals surface area contributed by atoms with Crippen LogP contribution in [0.25, 0.3) is 0 Å². The molecule has 132 valence electrons. The summed E-state index contributed by atoms with van der Waals surface area (Å²) in [7, 11) is 1.79. The summed E-state index contributed by atoms with van der Waals surface area (Å²) in [6.45, 7) is 6.66. The number of halogens is 1. The fourth-order valence-corrected chi connectivity index (χ4v) is 2.33. The first-order valence-electron chi connectivity index (χ1n) is 8.09. The molecule has 0 aliphatic rings. The number of benzene rings is 1. The maximum atomic E-state index is 4.25. The second-order valence-corrected chi connectivity index (χ2v) is 5.46. The smallest absolute Gasteiger partial charge is 0.191 e. The molecule has 0 saturated heterocycles. The van der Waals surface area contributed by atoms with Gasteiger partial charge in [0.2, 0.25) is 0 Å². The highest BCUT2D eigenvalue weighted by Crippen LogP contribution is 2.03. The van der Waals surface area contributed by atoms with Crippen LogP contribution in [0.5, 0.6) is 0 Å². The Hall–Kier alpha value is -1.64. The van der Waals surface area contributed by atoms with Crippen LogP contribution in [-0.4, -0.2) is 40.9 Å². The van der Waals surface area contributed by atoms with E-state index in [1.165, 1.54) is 11.1 Å². The maximum absolute atomic E-state index is 4.25. The highest BCUT2D eigenvalue weighted by molar-refractivity contribution is 14.0. The molecule has 2 N–H and O–H groups in total. The normalized spacial score (nSPS) is 11.0. The zero-order chi connectivity index (χ0) is 16.5. The Morgan fingerprint density at radius 1 is 1.17 bits per heavy atom. The fourth-order valence-electron chi connectivity index (χ4n) is 2.33. The van der Waals surface area contributed by atoms with Gasteiger partial charge in [0.15, 0.2) is 5.96 Å². The Morgan fingerprint density at radius 2 is 1.88 bits per heavy atom. The van der Waals surface area contributed by atoms with Crippen LogP contribution in [0.4, 0.5) is 0 Å². The van der Waals surface area contributed by atoms with Crippen LogP contribution < -0.4 is 10.6 Å². The highest BCUT2D eigenvalue weighted by atomic mass is 127. The predicted molar refractivity (Wildman–Crippen MR) is 109 cm³/mol. The van der Waals surface area contributed by atoms with Crippen LogP contribution in [0.15, 0.2) is 35.6 Å². The standard InChI is InChI=1S/C17H26N6.HI/c1-4-16-22-21-13-23(16)12-11-20-17(18-3)19-10-9-15-7-5-14(2)6-8-15;/h5-8,13H,4,9-12H2,1-3H3,(H2,18,19,20);1H. The van der Waals surface area contributed by atoms with E-state index in [1.807, 2.05) is 0 Å². The van der Waals surface area contributed by atoms with E-state index in [4.69, 9.17) is 0 Å². The third-order valence-electron chi connectivity index (χ3n) is 3.71. The Bertz CT molecular complexity index is 620. The van der Waals surface area contributed by atoms with Crippen molar-refractivity contribution in [1.82, 2.24) is 25.4 Å². The SMILES string of the molecule is CCc1nncn1CCNC(=NC)NCCc1ccc(C)cc1.I. The topological polar surface area (TPSA) is 67.1 Å². The molecule has 0 saturated carbocycles. The van der Waals surface area contributed by atoms with Gasteiger partial charge in [-0.15, -0.1) is 34.2 Å². The zero-order valence-electron chi connectivity index (χ0n) is 14.6. The summed E-state index contributed by atoms with van der Waals surface area (Å²) in [5.74, 6) is 1.83. The lowest BCUT2D eigenvalue weighted by Gasteiger charge is -2.12. The van der Waals surface area contributed by atoms with Crippen LogP contribution in [0.1, 0.15) is 23.9 Å². The summed E-state index contributed by atoms with van der Waals surface area (Å²) in [6.07, 6.45) is 3.64. The van der Waals surface area contributed by atoms with Crippen molar-refractivity contribution in [3.63, 3.8) is 0 Å². The molecule has 0 aliphatic carbocycles.